The number of benzene rings is 1. The lowest BCUT2D eigenvalue weighted by Gasteiger charge is -2.35. The van der Waals surface area contributed by atoms with Crippen LogP contribution in [-0.4, -0.2) is 47.9 Å². The highest BCUT2D eigenvalue weighted by molar-refractivity contribution is 6.30. The van der Waals surface area contributed by atoms with Crippen LogP contribution in [0.2, 0.25) is 5.02 Å². The average molecular weight is 349 g/mol. The Labute approximate surface area is 151 Å². The minimum absolute atomic E-state index is 0.318. The van der Waals surface area contributed by atoms with Crippen molar-refractivity contribution in [1.29, 1.82) is 0 Å². The van der Waals surface area contributed by atoms with Gasteiger partial charge in [-0.05, 0) is 69.1 Å². The number of nitrogens with zero attached hydrogens (tertiary/aromatic N) is 2. The largest absolute Gasteiger partial charge is 0.339 e. The van der Waals surface area contributed by atoms with Crippen molar-refractivity contribution in [1.82, 2.24) is 9.80 Å². The molecule has 2 fully saturated rings. The smallest absolute Gasteiger partial charge is 0.236 e. The minimum atomic E-state index is 0.318. The van der Waals surface area contributed by atoms with Gasteiger partial charge in [-0.1, -0.05) is 23.7 Å². The molecule has 1 aromatic rings. The van der Waals surface area contributed by atoms with Gasteiger partial charge in [0, 0.05) is 30.7 Å². The maximum absolute atomic E-state index is 12.7. The van der Waals surface area contributed by atoms with Crippen molar-refractivity contribution in [3.05, 3.63) is 34.9 Å². The van der Waals surface area contributed by atoms with E-state index < -0.39 is 0 Å². The average Bonchev–Trinajstić information content (AvgIpc) is 3.38. The van der Waals surface area contributed by atoms with Gasteiger partial charge in [0.25, 0.3) is 0 Å². The van der Waals surface area contributed by atoms with E-state index in [1.54, 1.807) is 0 Å². The SMILES string of the molecule is CC1CCCCN1C(=O)CN(CCc1ccc(Cl)cc1)CC1CC1. The van der Waals surface area contributed by atoms with Crippen LogP contribution >= 0.6 is 11.6 Å². The first-order valence-corrected chi connectivity index (χ1v) is 9.76. The number of likely N-dealkylation sites (tertiary alicyclic amines) is 1. The van der Waals surface area contributed by atoms with Crippen molar-refractivity contribution >= 4 is 17.5 Å². The fourth-order valence-electron chi connectivity index (χ4n) is 3.59. The van der Waals surface area contributed by atoms with Gasteiger partial charge in [0.15, 0.2) is 0 Å². The number of carbonyl (C=O) groups is 1. The number of amides is 1. The van der Waals surface area contributed by atoms with Crippen molar-refractivity contribution in [2.75, 3.05) is 26.2 Å². The Morgan fingerprint density at radius 1 is 1.21 bits per heavy atom. The second-order valence-electron chi connectivity index (χ2n) is 7.49. The van der Waals surface area contributed by atoms with Gasteiger partial charge in [-0.2, -0.15) is 0 Å². The Kier molecular flexibility index (Phi) is 6.18. The molecule has 1 unspecified atom stereocenters. The molecule has 24 heavy (non-hydrogen) atoms. The third kappa shape index (κ3) is 5.22. The molecule has 0 bridgehead atoms. The summed E-state index contributed by atoms with van der Waals surface area (Å²) in [5.41, 5.74) is 1.29. The number of halogens is 1. The highest BCUT2D eigenvalue weighted by atomic mass is 35.5. The zero-order valence-corrected chi connectivity index (χ0v) is 15.5. The maximum Gasteiger partial charge on any atom is 0.236 e. The van der Waals surface area contributed by atoms with E-state index in [0.29, 0.717) is 18.5 Å². The van der Waals surface area contributed by atoms with E-state index in [4.69, 9.17) is 11.6 Å². The molecule has 0 spiro atoms. The predicted octanol–water partition coefficient (Wildman–Crippen LogP) is 4.00. The van der Waals surface area contributed by atoms with Gasteiger partial charge >= 0.3 is 0 Å². The summed E-state index contributed by atoms with van der Waals surface area (Å²) in [5.74, 6) is 1.13. The molecule has 132 valence electrons. The van der Waals surface area contributed by atoms with Gasteiger partial charge < -0.3 is 4.90 Å². The first-order chi connectivity index (χ1) is 11.6. The summed E-state index contributed by atoms with van der Waals surface area (Å²) in [6.45, 7) is 5.73. The van der Waals surface area contributed by atoms with Gasteiger partial charge in [0.1, 0.15) is 0 Å². The van der Waals surface area contributed by atoms with Crippen LogP contribution in [-0.2, 0) is 11.2 Å². The second-order valence-corrected chi connectivity index (χ2v) is 7.92. The lowest BCUT2D eigenvalue weighted by atomic mass is 10.0. The Hall–Kier alpha value is -1.06. The molecule has 0 N–H and O–H groups in total. The van der Waals surface area contributed by atoms with Crippen molar-refractivity contribution in [2.45, 2.75) is 51.5 Å². The Bertz CT molecular complexity index is 541. The molecule has 4 heteroatoms. The summed E-state index contributed by atoms with van der Waals surface area (Å²) >= 11 is 5.96. The van der Waals surface area contributed by atoms with Crippen LogP contribution in [0.5, 0.6) is 0 Å². The molecule has 1 aliphatic heterocycles. The quantitative estimate of drug-likeness (QED) is 0.743. The highest BCUT2D eigenvalue weighted by Crippen LogP contribution is 2.30. The molecule has 2 aliphatic rings. The fraction of sp³-hybridized carbons (Fsp3) is 0.650. The number of carbonyl (C=O) groups excluding carboxylic acids is 1. The van der Waals surface area contributed by atoms with E-state index in [-0.39, 0.29) is 0 Å². The molecule has 0 radical (unpaired) electrons. The second kappa shape index (κ2) is 8.35. The van der Waals surface area contributed by atoms with Crippen molar-refractivity contribution in [3.63, 3.8) is 0 Å². The van der Waals surface area contributed by atoms with Crippen molar-refractivity contribution < 1.29 is 4.79 Å². The van der Waals surface area contributed by atoms with Crippen molar-refractivity contribution in [2.24, 2.45) is 5.92 Å². The third-order valence-electron chi connectivity index (χ3n) is 5.33. The van der Waals surface area contributed by atoms with E-state index in [1.165, 1.54) is 24.8 Å². The van der Waals surface area contributed by atoms with Gasteiger partial charge in [0.2, 0.25) is 5.91 Å². The molecular weight excluding hydrogens is 320 g/mol. The van der Waals surface area contributed by atoms with Crippen LogP contribution in [0, 0.1) is 5.92 Å². The molecule has 3 rings (SSSR count). The number of hydrogen-bond acceptors (Lipinski definition) is 2. The van der Waals surface area contributed by atoms with Crippen LogP contribution in [0.4, 0.5) is 0 Å². The van der Waals surface area contributed by atoms with Crippen LogP contribution in [0.3, 0.4) is 0 Å². The minimum Gasteiger partial charge on any atom is -0.339 e. The molecular formula is C20H29ClN2O. The standard InChI is InChI=1S/C20H29ClN2O/c1-16-4-2-3-12-23(16)20(24)15-22(14-18-5-6-18)13-11-17-7-9-19(21)10-8-17/h7-10,16,18H,2-6,11-15H2,1H3. The molecule has 1 heterocycles. The highest BCUT2D eigenvalue weighted by Gasteiger charge is 2.28. The van der Waals surface area contributed by atoms with Crippen LogP contribution in [0.1, 0.15) is 44.6 Å². The molecule has 1 atom stereocenters. The maximum atomic E-state index is 12.7. The Morgan fingerprint density at radius 2 is 1.96 bits per heavy atom. The van der Waals surface area contributed by atoms with Gasteiger partial charge in [0.05, 0.1) is 6.54 Å². The fourth-order valence-corrected chi connectivity index (χ4v) is 3.72. The molecule has 1 aromatic carbocycles. The topological polar surface area (TPSA) is 23.6 Å². The zero-order valence-electron chi connectivity index (χ0n) is 14.7. The summed E-state index contributed by atoms with van der Waals surface area (Å²) in [6, 6.07) is 8.48. The lowest BCUT2D eigenvalue weighted by Crippen LogP contribution is -2.47. The molecule has 3 nitrogen and oxygen atoms in total. The molecule has 1 saturated carbocycles. The summed E-state index contributed by atoms with van der Waals surface area (Å²) < 4.78 is 0. The van der Waals surface area contributed by atoms with Crippen LogP contribution in [0.15, 0.2) is 24.3 Å². The molecule has 0 aromatic heterocycles. The van der Waals surface area contributed by atoms with Gasteiger partial charge in [-0.15, -0.1) is 0 Å². The van der Waals surface area contributed by atoms with Crippen molar-refractivity contribution in [3.8, 4) is 0 Å². The monoisotopic (exact) mass is 348 g/mol. The van der Waals surface area contributed by atoms with E-state index in [1.807, 2.05) is 12.1 Å². The number of hydrogen-bond donors (Lipinski definition) is 0. The zero-order chi connectivity index (χ0) is 16.9. The Morgan fingerprint density at radius 3 is 2.62 bits per heavy atom. The van der Waals surface area contributed by atoms with E-state index >= 15 is 0 Å². The van der Waals surface area contributed by atoms with Gasteiger partial charge in [-0.3, -0.25) is 9.69 Å². The molecule has 1 aliphatic carbocycles. The number of piperidine rings is 1. The number of rotatable bonds is 7. The third-order valence-corrected chi connectivity index (χ3v) is 5.58. The van der Waals surface area contributed by atoms with Crippen LogP contribution < -0.4 is 0 Å². The predicted molar refractivity (Wildman–Crippen MR) is 99.3 cm³/mol. The van der Waals surface area contributed by atoms with E-state index in [0.717, 1.165) is 49.8 Å². The van der Waals surface area contributed by atoms with E-state index in [2.05, 4.69) is 28.9 Å². The van der Waals surface area contributed by atoms with Crippen LogP contribution in [0.25, 0.3) is 0 Å². The molecule has 1 amide bonds. The lowest BCUT2D eigenvalue weighted by molar-refractivity contribution is -0.135. The summed E-state index contributed by atoms with van der Waals surface area (Å²) in [6.07, 6.45) is 7.19. The summed E-state index contributed by atoms with van der Waals surface area (Å²) in [5, 5.41) is 0.780. The van der Waals surface area contributed by atoms with E-state index in [9.17, 15) is 4.79 Å². The van der Waals surface area contributed by atoms with Gasteiger partial charge in [-0.25, -0.2) is 0 Å². The summed E-state index contributed by atoms with van der Waals surface area (Å²) in [7, 11) is 0. The first-order valence-electron chi connectivity index (χ1n) is 9.38. The normalized spacial score (nSPS) is 21.3. The summed E-state index contributed by atoms with van der Waals surface area (Å²) in [4.78, 5) is 17.2. The first kappa shape index (κ1) is 17.8. The molecule has 1 saturated heterocycles. The Balaban J connectivity index is 1.54.